The van der Waals surface area contributed by atoms with E-state index in [1.54, 1.807) is 42.9 Å². The van der Waals surface area contributed by atoms with Crippen LogP contribution in [-0.2, 0) is 16.1 Å². The number of benzene rings is 2. The number of para-hydroxylation sites is 3. The minimum Gasteiger partial charge on any atom is -0.344 e. The topological polar surface area (TPSA) is 88.9 Å². The molecule has 4 aromatic rings. The summed E-state index contributed by atoms with van der Waals surface area (Å²) in [6, 6.07) is 20.2. The zero-order valence-corrected chi connectivity index (χ0v) is 14.9. The van der Waals surface area contributed by atoms with Crippen molar-refractivity contribution in [2.75, 3.05) is 5.32 Å². The number of carbonyl (C=O) groups excluding carboxylic acids is 2. The summed E-state index contributed by atoms with van der Waals surface area (Å²) in [6.45, 7) is 0.163. The molecular weight excluding hydrogens is 354 g/mol. The van der Waals surface area contributed by atoms with Gasteiger partial charge in [0.2, 0.25) is 0 Å². The molecule has 0 saturated carbocycles. The molecule has 7 nitrogen and oxygen atoms in total. The van der Waals surface area contributed by atoms with Crippen molar-refractivity contribution in [1.82, 2.24) is 19.9 Å². The largest absolute Gasteiger partial charge is 0.344 e. The average molecular weight is 371 g/mol. The third-order valence-corrected chi connectivity index (χ3v) is 4.23. The highest BCUT2D eigenvalue weighted by Crippen LogP contribution is 2.19. The number of carbonyl (C=O) groups is 2. The summed E-state index contributed by atoms with van der Waals surface area (Å²) in [5, 5.41) is 5.21. The Morgan fingerprint density at radius 3 is 2.50 bits per heavy atom. The highest BCUT2D eigenvalue weighted by Gasteiger charge is 2.15. The Kier molecular flexibility index (Phi) is 4.79. The predicted octanol–water partition coefficient (Wildman–Crippen LogP) is 2.68. The molecule has 2 amide bonds. The molecule has 0 spiro atoms. The van der Waals surface area contributed by atoms with E-state index in [1.165, 1.54) is 0 Å². The fraction of sp³-hybridized carbons (Fsp3) is 0.0476. The molecule has 0 bridgehead atoms. The molecule has 4 rings (SSSR count). The number of hydrogen-bond acceptors (Lipinski definition) is 4. The van der Waals surface area contributed by atoms with Gasteiger partial charge in [0.05, 0.1) is 11.0 Å². The SMILES string of the molecule is O=C(NCc1cccnc1-n1cnc2ccccc21)C(=O)Nc1ccccc1. The van der Waals surface area contributed by atoms with E-state index in [2.05, 4.69) is 20.6 Å². The molecule has 2 heterocycles. The van der Waals surface area contributed by atoms with E-state index < -0.39 is 11.8 Å². The molecule has 0 aliphatic carbocycles. The molecule has 7 heteroatoms. The number of hydrogen-bond donors (Lipinski definition) is 2. The molecule has 0 fully saturated rings. The van der Waals surface area contributed by atoms with Crippen molar-refractivity contribution < 1.29 is 9.59 Å². The van der Waals surface area contributed by atoms with Gasteiger partial charge in [-0.2, -0.15) is 0 Å². The number of rotatable bonds is 4. The van der Waals surface area contributed by atoms with Crippen molar-refractivity contribution in [1.29, 1.82) is 0 Å². The van der Waals surface area contributed by atoms with E-state index in [0.717, 1.165) is 16.6 Å². The molecule has 0 unspecified atom stereocenters. The maximum Gasteiger partial charge on any atom is 0.313 e. The summed E-state index contributed by atoms with van der Waals surface area (Å²) < 4.78 is 1.86. The molecule has 0 atom stereocenters. The summed E-state index contributed by atoms with van der Waals surface area (Å²) in [5.41, 5.74) is 3.10. The number of fused-ring (bicyclic) bond motifs is 1. The monoisotopic (exact) mass is 371 g/mol. The van der Waals surface area contributed by atoms with Crippen LogP contribution < -0.4 is 10.6 Å². The number of pyridine rings is 1. The predicted molar refractivity (Wildman–Crippen MR) is 106 cm³/mol. The Morgan fingerprint density at radius 2 is 1.64 bits per heavy atom. The van der Waals surface area contributed by atoms with Crippen molar-refractivity contribution in [3.63, 3.8) is 0 Å². The summed E-state index contributed by atoms with van der Waals surface area (Å²) in [6.07, 6.45) is 3.37. The van der Waals surface area contributed by atoms with Gasteiger partial charge in [-0.05, 0) is 30.3 Å². The van der Waals surface area contributed by atoms with Crippen LogP contribution in [-0.4, -0.2) is 26.3 Å². The van der Waals surface area contributed by atoms with E-state index in [-0.39, 0.29) is 6.54 Å². The maximum atomic E-state index is 12.2. The van der Waals surface area contributed by atoms with Crippen LogP contribution >= 0.6 is 0 Å². The normalized spacial score (nSPS) is 10.6. The van der Waals surface area contributed by atoms with Crippen molar-refractivity contribution in [2.45, 2.75) is 6.54 Å². The number of amides is 2. The number of nitrogens with zero attached hydrogens (tertiary/aromatic N) is 3. The number of anilines is 1. The molecule has 0 aliphatic heterocycles. The van der Waals surface area contributed by atoms with Crippen molar-refractivity contribution in [3.05, 3.63) is 84.8 Å². The van der Waals surface area contributed by atoms with E-state index in [4.69, 9.17) is 0 Å². The first kappa shape index (κ1) is 17.4. The van der Waals surface area contributed by atoms with Gasteiger partial charge in [-0.3, -0.25) is 14.2 Å². The second-order valence-electron chi connectivity index (χ2n) is 6.09. The molecule has 2 N–H and O–H groups in total. The van der Waals surface area contributed by atoms with Gasteiger partial charge in [0.25, 0.3) is 0 Å². The zero-order valence-electron chi connectivity index (χ0n) is 14.9. The van der Waals surface area contributed by atoms with Crippen molar-refractivity contribution >= 4 is 28.5 Å². The van der Waals surface area contributed by atoms with Crippen LogP contribution in [0.4, 0.5) is 5.69 Å². The highest BCUT2D eigenvalue weighted by molar-refractivity contribution is 6.39. The van der Waals surface area contributed by atoms with Crippen LogP contribution in [0.5, 0.6) is 0 Å². The Balaban J connectivity index is 1.50. The Hall–Kier alpha value is -4.00. The first-order valence-electron chi connectivity index (χ1n) is 8.73. The quantitative estimate of drug-likeness (QED) is 0.540. The van der Waals surface area contributed by atoms with Crippen LogP contribution in [0.3, 0.4) is 0 Å². The summed E-state index contributed by atoms with van der Waals surface area (Å²) in [7, 11) is 0. The molecular formula is C21H17N5O2. The standard InChI is InChI=1S/C21H17N5O2/c27-20(21(28)25-16-8-2-1-3-9-16)23-13-15-7-6-12-22-19(15)26-14-24-17-10-4-5-11-18(17)26/h1-12,14H,13H2,(H,23,27)(H,25,28). The molecule has 2 aromatic heterocycles. The van der Waals surface area contributed by atoms with E-state index in [1.807, 2.05) is 41.0 Å². The molecule has 0 aliphatic rings. The number of imidazole rings is 1. The lowest BCUT2D eigenvalue weighted by atomic mass is 10.2. The van der Waals surface area contributed by atoms with Gasteiger partial charge in [-0.15, -0.1) is 0 Å². The van der Waals surface area contributed by atoms with Gasteiger partial charge in [0, 0.05) is 24.0 Å². The number of nitrogens with one attached hydrogen (secondary N) is 2. The first-order chi connectivity index (χ1) is 13.7. The summed E-state index contributed by atoms with van der Waals surface area (Å²) in [4.78, 5) is 33.0. The van der Waals surface area contributed by atoms with E-state index in [9.17, 15) is 9.59 Å². The van der Waals surface area contributed by atoms with Gasteiger partial charge in [-0.1, -0.05) is 36.4 Å². The zero-order chi connectivity index (χ0) is 19.3. The Morgan fingerprint density at radius 1 is 0.857 bits per heavy atom. The molecule has 138 valence electrons. The maximum absolute atomic E-state index is 12.2. The van der Waals surface area contributed by atoms with E-state index >= 15 is 0 Å². The highest BCUT2D eigenvalue weighted by atomic mass is 16.2. The molecule has 0 radical (unpaired) electrons. The fourth-order valence-corrected chi connectivity index (χ4v) is 2.88. The summed E-state index contributed by atoms with van der Waals surface area (Å²) in [5.74, 6) is -0.779. The van der Waals surface area contributed by atoms with Crippen molar-refractivity contribution in [2.24, 2.45) is 0 Å². The van der Waals surface area contributed by atoms with Crippen LogP contribution in [0, 0.1) is 0 Å². The Bertz CT molecular complexity index is 1140. The smallest absolute Gasteiger partial charge is 0.313 e. The lowest BCUT2D eigenvalue weighted by Crippen LogP contribution is -2.35. The average Bonchev–Trinajstić information content (AvgIpc) is 3.17. The van der Waals surface area contributed by atoms with Gasteiger partial charge >= 0.3 is 11.8 Å². The van der Waals surface area contributed by atoms with Gasteiger partial charge in [-0.25, -0.2) is 9.97 Å². The molecule has 0 saturated heterocycles. The van der Waals surface area contributed by atoms with Crippen LogP contribution in [0.2, 0.25) is 0 Å². The second-order valence-corrected chi connectivity index (χ2v) is 6.09. The van der Waals surface area contributed by atoms with E-state index in [0.29, 0.717) is 11.5 Å². The minimum absolute atomic E-state index is 0.163. The van der Waals surface area contributed by atoms with Gasteiger partial charge < -0.3 is 10.6 Å². The lowest BCUT2D eigenvalue weighted by Gasteiger charge is -2.11. The Labute approximate surface area is 161 Å². The van der Waals surface area contributed by atoms with Gasteiger partial charge in [0.15, 0.2) is 0 Å². The second kappa shape index (κ2) is 7.71. The fourth-order valence-electron chi connectivity index (χ4n) is 2.88. The molecule has 28 heavy (non-hydrogen) atoms. The van der Waals surface area contributed by atoms with Crippen LogP contribution in [0.1, 0.15) is 5.56 Å². The first-order valence-corrected chi connectivity index (χ1v) is 8.73. The molecule has 2 aromatic carbocycles. The van der Waals surface area contributed by atoms with Crippen LogP contribution in [0.25, 0.3) is 16.9 Å². The lowest BCUT2D eigenvalue weighted by molar-refractivity contribution is -0.136. The third kappa shape index (κ3) is 3.59. The number of aromatic nitrogens is 3. The third-order valence-electron chi connectivity index (χ3n) is 4.23. The van der Waals surface area contributed by atoms with Crippen LogP contribution in [0.15, 0.2) is 79.3 Å². The van der Waals surface area contributed by atoms with Crippen molar-refractivity contribution in [3.8, 4) is 5.82 Å². The minimum atomic E-state index is -0.718. The van der Waals surface area contributed by atoms with Gasteiger partial charge in [0.1, 0.15) is 12.1 Å². The summed E-state index contributed by atoms with van der Waals surface area (Å²) >= 11 is 0.